The third kappa shape index (κ3) is 5.47. The van der Waals surface area contributed by atoms with E-state index in [2.05, 4.69) is 30.9 Å². The molecule has 4 N–H and O–H groups in total. The quantitative estimate of drug-likeness (QED) is 0.358. The summed E-state index contributed by atoms with van der Waals surface area (Å²) in [4.78, 5) is 25.6. The first-order chi connectivity index (χ1) is 17.9. The molecule has 37 heavy (non-hydrogen) atoms. The largest absolute Gasteiger partial charge is 0.395 e. The molecule has 2 fully saturated rings. The second-order valence-corrected chi connectivity index (χ2v) is 9.30. The number of halogens is 3. The zero-order valence-electron chi connectivity index (χ0n) is 20.0. The number of anilines is 3. The highest BCUT2D eigenvalue weighted by Crippen LogP contribution is 2.32. The SMILES string of the molecule is O=C(NCCO)[C@H]1CC[C@H](Nc2ncc3nc(Nc4c(F)cc(F)cc4F)n([C@H]4CCOC4)c3n2)CC1. The number of nitrogens with zero attached hydrogens (tertiary/aromatic N) is 4. The number of nitrogens with one attached hydrogen (secondary N) is 3. The highest BCUT2D eigenvalue weighted by molar-refractivity contribution is 5.79. The van der Waals surface area contributed by atoms with Crippen molar-refractivity contribution in [1.82, 2.24) is 24.8 Å². The molecule has 198 valence electrons. The van der Waals surface area contributed by atoms with Crippen LogP contribution in [0.4, 0.5) is 30.8 Å². The lowest BCUT2D eigenvalue weighted by Crippen LogP contribution is -2.37. The van der Waals surface area contributed by atoms with E-state index in [4.69, 9.17) is 9.84 Å². The Morgan fingerprint density at radius 1 is 1.11 bits per heavy atom. The van der Waals surface area contributed by atoms with Gasteiger partial charge in [0.25, 0.3) is 0 Å². The predicted octanol–water partition coefficient (Wildman–Crippen LogP) is 3.03. The number of rotatable bonds is 8. The Morgan fingerprint density at radius 2 is 1.86 bits per heavy atom. The van der Waals surface area contributed by atoms with Gasteiger partial charge in [0.2, 0.25) is 17.8 Å². The molecule has 1 saturated carbocycles. The van der Waals surface area contributed by atoms with Crippen LogP contribution in [0.5, 0.6) is 0 Å². The molecular formula is C24H28F3N7O3. The van der Waals surface area contributed by atoms with Crippen LogP contribution in [0.15, 0.2) is 18.3 Å². The lowest BCUT2D eigenvalue weighted by molar-refractivity contribution is -0.126. The number of fused-ring (bicyclic) bond motifs is 1. The molecule has 0 radical (unpaired) electrons. The summed E-state index contributed by atoms with van der Waals surface area (Å²) in [7, 11) is 0. The highest BCUT2D eigenvalue weighted by Gasteiger charge is 2.28. The van der Waals surface area contributed by atoms with Crippen LogP contribution >= 0.6 is 0 Å². The maximum Gasteiger partial charge on any atom is 0.224 e. The molecule has 0 spiro atoms. The summed E-state index contributed by atoms with van der Waals surface area (Å²) in [6.45, 7) is 1.07. The van der Waals surface area contributed by atoms with Crippen LogP contribution in [0.2, 0.25) is 0 Å². The van der Waals surface area contributed by atoms with Crippen molar-refractivity contribution in [3.05, 3.63) is 35.8 Å². The minimum atomic E-state index is -1.08. The van der Waals surface area contributed by atoms with Crippen molar-refractivity contribution in [2.75, 3.05) is 37.0 Å². The second kappa shape index (κ2) is 10.9. The van der Waals surface area contributed by atoms with Gasteiger partial charge in [-0.05, 0) is 32.1 Å². The molecule has 0 unspecified atom stereocenters. The standard InChI is InChI=1S/C24H28F3N7O3/c25-14-9-17(26)20(18(27)10-14)32-24-31-19-11-29-23(33-21(19)34(24)16-5-8-37-12-16)30-15-3-1-13(2-4-15)22(36)28-6-7-35/h9-11,13,15-16,35H,1-8,12H2,(H,28,36)(H,31,32)(H,29,30,33)/t13-,15-,16-/m0/s1. The van der Waals surface area contributed by atoms with Crippen LogP contribution in [0, 0.1) is 23.4 Å². The van der Waals surface area contributed by atoms with Gasteiger partial charge < -0.3 is 25.8 Å². The van der Waals surface area contributed by atoms with Crippen molar-refractivity contribution in [2.24, 2.45) is 5.92 Å². The van der Waals surface area contributed by atoms with Crippen LogP contribution < -0.4 is 16.0 Å². The molecule has 0 bridgehead atoms. The number of aromatic nitrogens is 4. The van der Waals surface area contributed by atoms with Crippen molar-refractivity contribution in [1.29, 1.82) is 0 Å². The fourth-order valence-corrected chi connectivity index (χ4v) is 4.90. The van der Waals surface area contributed by atoms with Crippen LogP contribution in [-0.4, -0.2) is 62.9 Å². The van der Waals surface area contributed by atoms with Crippen molar-refractivity contribution >= 4 is 34.7 Å². The molecule has 5 rings (SSSR count). The van der Waals surface area contributed by atoms with E-state index in [1.165, 1.54) is 6.20 Å². The zero-order chi connectivity index (χ0) is 25.9. The molecule has 3 aromatic rings. The van der Waals surface area contributed by atoms with Gasteiger partial charge in [-0.1, -0.05) is 0 Å². The molecule has 13 heteroatoms. The molecule has 1 atom stereocenters. The molecule has 1 aliphatic heterocycles. The summed E-state index contributed by atoms with van der Waals surface area (Å²) in [5.74, 6) is -2.76. The van der Waals surface area contributed by atoms with Crippen molar-refractivity contribution in [2.45, 2.75) is 44.2 Å². The average molecular weight is 520 g/mol. The number of benzene rings is 1. The van der Waals surface area contributed by atoms with Crippen LogP contribution in [0.3, 0.4) is 0 Å². The number of hydrogen-bond acceptors (Lipinski definition) is 8. The maximum absolute atomic E-state index is 14.3. The number of aliphatic hydroxyl groups excluding tert-OH is 1. The Bertz CT molecular complexity index is 1250. The minimum absolute atomic E-state index is 0.0399. The number of carbonyl (C=O) groups excluding carboxylic acids is 1. The van der Waals surface area contributed by atoms with Gasteiger partial charge in [-0.3, -0.25) is 9.36 Å². The third-order valence-corrected chi connectivity index (χ3v) is 6.79. The molecule has 1 amide bonds. The number of carbonyl (C=O) groups is 1. The lowest BCUT2D eigenvalue weighted by atomic mass is 9.85. The summed E-state index contributed by atoms with van der Waals surface area (Å²) in [6.07, 6.45) is 5.11. The summed E-state index contributed by atoms with van der Waals surface area (Å²) in [6, 6.07) is 1.11. The Balaban J connectivity index is 1.37. The molecule has 10 nitrogen and oxygen atoms in total. The van der Waals surface area contributed by atoms with Gasteiger partial charge in [0.15, 0.2) is 17.3 Å². The van der Waals surface area contributed by atoms with Crippen LogP contribution in [0.1, 0.15) is 38.1 Å². The Labute approximate surface area is 210 Å². The summed E-state index contributed by atoms with van der Waals surface area (Å²) in [5, 5.41) is 17.6. The molecule has 2 aliphatic rings. The molecule has 1 aromatic carbocycles. The highest BCUT2D eigenvalue weighted by atomic mass is 19.1. The van der Waals surface area contributed by atoms with Crippen molar-refractivity contribution in [3.8, 4) is 0 Å². The van der Waals surface area contributed by atoms with E-state index in [1.807, 2.05) is 0 Å². The Hall–Kier alpha value is -3.45. The van der Waals surface area contributed by atoms with E-state index < -0.39 is 23.1 Å². The molecule has 2 aromatic heterocycles. The van der Waals surface area contributed by atoms with Gasteiger partial charge in [0.1, 0.15) is 17.0 Å². The molecular weight excluding hydrogens is 491 g/mol. The van der Waals surface area contributed by atoms with Crippen molar-refractivity contribution < 1.29 is 27.8 Å². The lowest BCUT2D eigenvalue weighted by Gasteiger charge is -2.28. The summed E-state index contributed by atoms with van der Waals surface area (Å²) in [5.41, 5.74) is 0.380. The van der Waals surface area contributed by atoms with E-state index in [9.17, 15) is 18.0 Å². The first-order valence-corrected chi connectivity index (χ1v) is 12.3. The number of ether oxygens (including phenoxy) is 1. The predicted molar refractivity (Wildman–Crippen MR) is 129 cm³/mol. The van der Waals surface area contributed by atoms with Crippen molar-refractivity contribution in [3.63, 3.8) is 0 Å². The van der Waals surface area contributed by atoms with E-state index in [1.54, 1.807) is 4.57 Å². The first-order valence-electron chi connectivity index (χ1n) is 12.3. The minimum Gasteiger partial charge on any atom is -0.395 e. The molecule has 1 saturated heterocycles. The Morgan fingerprint density at radius 3 is 2.54 bits per heavy atom. The van der Waals surface area contributed by atoms with E-state index in [-0.39, 0.29) is 43.0 Å². The zero-order valence-corrected chi connectivity index (χ0v) is 20.0. The number of imidazole rings is 1. The first kappa shape index (κ1) is 25.2. The monoisotopic (exact) mass is 519 g/mol. The van der Waals surface area contributed by atoms with Gasteiger partial charge >= 0.3 is 0 Å². The normalized spacial score (nSPS) is 21.8. The molecule has 1 aliphatic carbocycles. The van der Waals surface area contributed by atoms with Crippen LogP contribution in [0.25, 0.3) is 11.2 Å². The summed E-state index contributed by atoms with van der Waals surface area (Å²) < 4.78 is 49.3. The van der Waals surface area contributed by atoms with Gasteiger partial charge in [-0.15, -0.1) is 0 Å². The fraction of sp³-hybridized carbons (Fsp3) is 0.500. The number of hydrogen-bond donors (Lipinski definition) is 4. The van der Waals surface area contributed by atoms with Gasteiger partial charge in [-0.2, -0.15) is 4.98 Å². The third-order valence-electron chi connectivity index (χ3n) is 6.79. The number of amides is 1. The topological polar surface area (TPSA) is 126 Å². The maximum atomic E-state index is 14.3. The Kier molecular flexibility index (Phi) is 7.42. The van der Waals surface area contributed by atoms with Gasteiger partial charge in [0, 0.05) is 37.2 Å². The van der Waals surface area contributed by atoms with Gasteiger partial charge in [-0.25, -0.2) is 23.1 Å². The van der Waals surface area contributed by atoms with E-state index in [0.29, 0.717) is 61.7 Å². The van der Waals surface area contributed by atoms with Gasteiger partial charge in [0.05, 0.1) is 25.5 Å². The van der Waals surface area contributed by atoms with E-state index in [0.717, 1.165) is 12.8 Å². The number of aliphatic hydroxyl groups is 1. The second-order valence-electron chi connectivity index (χ2n) is 9.30. The average Bonchev–Trinajstić information content (AvgIpc) is 3.52. The fourth-order valence-electron chi connectivity index (χ4n) is 4.90. The van der Waals surface area contributed by atoms with Crippen LogP contribution in [-0.2, 0) is 9.53 Å². The molecule has 3 heterocycles. The smallest absolute Gasteiger partial charge is 0.224 e. The van der Waals surface area contributed by atoms with E-state index >= 15 is 0 Å². The summed E-state index contributed by atoms with van der Waals surface area (Å²) >= 11 is 0.